The molecule has 0 spiro atoms. The van der Waals surface area contributed by atoms with Gasteiger partial charge < -0.3 is 5.11 Å². The molecule has 0 aliphatic carbocycles. The first-order chi connectivity index (χ1) is 7.69. The topological polar surface area (TPSA) is 37.3 Å². The average Bonchev–Trinajstić information content (AvgIpc) is 2.35. The molecule has 1 aromatic rings. The minimum atomic E-state index is -0.521. The van der Waals surface area contributed by atoms with Crippen LogP contribution in [0.5, 0.6) is 0 Å². The molecule has 16 heavy (non-hydrogen) atoms. The van der Waals surface area contributed by atoms with Gasteiger partial charge in [-0.05, 0) is 18.4 Å². The Kier molecular flexibility index (Phi) is 5.20. The van der Waals surface area contributed by atoms with E-state index in [-0.39, 0.29) is 11.7 Å². The summed E-state index contributed by atoms with van der Waals surface area (Å²) in [7, 11) is 0. The van der Waals surface area contributed by atoms with Gasteiger partial charge in [0, 0.05) is 12.3 Å². The summed E-state index contributed by atoms with van der Waals surface area (Å²) in [6, 6.07) is 9.87. The van der Waals surface area contributed by atoms with Crippen LogP contribution in [0.15, 0.2) is 30.3 Å². The molecule has 0 amide bonds. The van der Waals surface area contributed by atoms with Crippen molar-refractivity contribution in [3.63, 3.8) is 0 Å². The van der Waals surface area contributed by atoms with E-state index < -0.39 is 6.10 Å². The lowest BCUT2D eigenvalue weighted by atomic mass is 9.88. The molecule has 0 fully saturated rings. The number of aliphatic hydroxyl groups excluding tert-OH is 1. The Hall–Kier alpha value is -1.15. The van der Waals surface area contributed by atoms with Crippen molar-refractivity contribution in [1.29, 1.82) is 0 Å². The predicted molar refractivity (Wildman–Crippen MR) is 65.2 cm³/mol. The number of hydrogen-bond donors (Lipinski definition) is 1. The van der Waals surface area contributed by atoms with Crippen molar-refractivity contribution in [2.75, 3.05) is 0 Å². The summed E-state index contributed by atoms with van der Waals surface area (Å²) >= 11 is 0. The van der Waals surface area contributed by atoms with Gasteiger partial charge in [0.25, 0.3) is 0 Å². The van der Waals surface area contributed by atoms with Crippen molar-refractivity contribution in [2.24, 2.45) is 5.92 Å². The lowest BCUT2D eigenvalue weighted by Crippen LogP contribution is -2.29. The molecule has 88 valence electrons. The molecule has 0 saturated heterocycles. The maximum atomic E-state index is 11.8. The molecule has 0 aliphatic heterocycles. The molecule has 0 aliphatic rings. The van der Waals surface area contributed by atoms with Crippen molar-refractivity contribution >= 4 is 5.78 Å². The number of ketones is 1. The van der Waals surface area contributed by atoms with Crippen molar-refractivity contribution in [3.05, 3.63) is 35.9 Å². The summed E-state index contributed by atoms with van der Waals surface area (Å²) in [5.74, 6) is -0.101. The Morgan fingerprint density at radius 2 is 1.88 bits per heavy atom. The largest absolute Gasteiger partial charge is 0.392 e. The van der Waals surface area contributed by atoms with Crippen LogP contribution in [0.3, 0.4) is 0 Å². The van der Waals surface area contributed by atoms with Crippen LogP contribution in [0.1, 0.15) is 32.3 Å². The van der Waals surface area contributed by atoms with Crippen LogP contribution in [0.2, 0.25) is 0 Å². The van der Waals surface area contributed by atoms with E-state index in [2.05, 4.69) is 0 Å². The summed E-state index contributed by atoms with van der Waals surface area (Å²) in [4.78, 5) is 11.8. The molecule has 1 rings (SSSR count). The molecule has 0 heterocycles. The van der Waals surface area contributed by atoms with Gasteiger partial charge >= 0.3 is 0 Å². The van der Waals surface area contributed by atoms with Crippen LogP contribution in [0, 0.1) is 5.92 Å². The number of carbonyl (C=O) groups is 1. The van der Waals surface area contributed by atoms with Gasteiger partial charge in [0.2, 0.25) is 0 Å². The van der Waals surface area contributed by atoms with Gasteiger partial charge in [0.15, 0.2) is 0 Å². The van der Waals surface area contributed by atoms with Crippen LogP contribution < -0.4 is 0 Å². The fraction of sp³-hybridized carbons (Fsp3) is 0.500. The third kappa shape index (κ3) is 3.46. The van der Waals surface area contributed by atoms with Crippen molar-refractivity contribution in [3.8, 4) is 0 Å². The smallest absolute Gasteiger partial charge is 0.138 e. The zero-order chi connectivity index (χ0) is 12.0. The molecule has 0 saturated carbocycles. The molecule has 1 N–H and O–H groups in total. The fourth-order valence-electron chi connectivity index (χ4n) is 1.88. The van der Waals surface area contributed by atoms with E-state index in [4.69, 9.17) is 0 Å². The van der Waals surface area contributed by atoms with E-state index in [9.17, 15) is 9.90 Å². The van der Waals surface area contributed by atoms with Crippen molar-refractivity contribution in [1.82, 2.24) is 0 Å². The van der Waals surface area contributed by atoms with Gasteiger partial charge in [-0.2, -0.15) is 0 Å². The summed E-state index contributed by atoms with van der Waals surface area (Å²) in [6.07, 6.45) is 1.24. The standard InChI is InChI=1S/C14H20O2/c1-3-13(15)12(14(16)4-2)10-11-8-6-5-7-9-11/h5-9,12-13,15H,3-4,10H2,1-2H3. The second kappa shape index (κ2) is 6.44. The lowest BCUT2D eigenvalue weighted by Gasteiger charge is -2.20. The quantitative estimate of drug-likeness (QED) is 0.800. The molecular formula is C14H20O2. The number of benzene rings is 1. The second-order valence-electron chi connectivity index (χ2n) is 4.09. The first kappa shape index (κ1) is 12.9. The highest BCUT2D eigenvalue weighted by atomic mass is 16.3. The SMILES string of the molecule is CCC(=O)C(Cc1ccccc1)C(O)CC. The molecule has 2 atom stereocenters. The summed E-state index contributed by atoms with van der Waals surface area (Å²) in [5, 5.41) is 9.86. The van der Waals surface area contributed by atoms with Gasteiger partial charge in [-0.15, -0.1) is 0 Å². The summed E-state index contributed by atoms with van der Waals surface area (Å²) < 4.78 is 0. The highest BCUT2D eigenvalue weighted by Gasteiger charge is 2.24. The van der Waals surface area contributed by atoms with Crippen molar-refractivity contribution < 1.29 is 9.90 Å². The highest BCUT2D eigenvalue weighted by molar-refractivity contribution is 5.81. The molecular weight excluding hydrogens is 200 g/mol. The molecule has 2 heteroatoms. The summed E-state index contributed by atoms with van der Waals surface area (Å²) in [5.41, 5.74) is 1.11. The van der Waals surface area contributed by atoms with Crippen LogP contribution in [-0.2, 0) is 11.2 Å². The van der Waals surface area contributed by atoms with Crippen molar-refractivity contribution in [2.45, 2.75) is 39.2 Å². The minimum Gasteiger partial charge on any atom is -0.392 e. The third-order valence-electron chi connectivity index (χ3n) is 2.94. The number of rotatable bonds is 6. The van der Waals surface area contributed by atoms with Crippen LogP contribution in [0.25, 0.3) is 0 Å². The monoisotopic (exact) mass is 220 g/mol. The van der Waals surface area contributed by atoms with Gasteiger partial charge in [-0.3, -0.25) is 4.79 Å². The number of aliphatic hydroxyl groups is 1. The highest BCUT2D eigenvalue weighted by Crippen LogP contribution is 2.17. The van der Waals surface area contributed by atoms with E-state index in [1.165, 1.54) is 0 Å². The summed E-state index contributed by atoms with van der Waals surface area (Å²) in [6.45, 7) is 3.76. The van der Waals surface area contributed by atoms with E-state index in [1.807, 2.05) is 44.2 Å². The van der Waals surface area contributed by atoms with Crippen LogP contribution in [0.4, 0.5) is 0 Å². The molecule has 2 unspecified atom stereocenters. The van der Waals surface area contributed by atoms with E-state index >= 15 is 0 Å². The molecule has 2 nitrogen and oxygen atoms in total. The van der Waals surface area contributed by atoms with Gasteiger partial charge in [-0.1, -0.05) is 44.2 Å². The first-order valence-electron chi connectivity index (χ1n) is 5.93. The lowest BCUT2D eigenvalue weighted by molar-refractivity contribution is -0.126. The number of carbonyl (C=O) groups excluding carboxylic acids is 1. The van der Waals surface area contributed by atoms with Crippen LogP contribution >= 0.6 is 0 Å². The predicted octanol–water partition coefficient (Wildman–Crippen LogP) is 2.60. The minimum absolute atomic E-state index is 0.151. The maximum Gasteiger partial charge on any atom is 0.138 e. The number of Topliss-reactive ketones (excluding diaryl/α,β-unsaturated/α-hetero) is 1. The Morgan fingerprint density at radius 3 is 2.38 bits per heavy atom. The van der Waals surface area contributed by atoms with E-state index in [0.717, 1.165) is 5.56 Å². The zero-order valence-electron chi connectivity index (χ0n) is 10.0. The normalized spacial score (nSPS) is 14.4. The average molecular weight is 220 g/mol. The Balaban J connectivity index is 2.75. The molecule has 0 bridgehead atoms. The molecule has 0 aromatic heterocycles. The maximum absolute atomic E-state index is 11.8. The first-order valence-corrected chi connectivity index (χ1v) is 5.93. The Morgan fingerprint density at radius 1 is 1.25 bits per heavy atom. The van der Waals surface area contributed by atoms with Gasteiger partial charge in [-0.25, -0.2) is 0 Å². The van der Waals surface area contributed by atoms with E-state index in [1.54, 1.807) is 0 Å². The third-order valence-corrected chi connectivity index (χ3v) is 2.94. The molecule has 1 aromatic carbocycles. The van der Waals surface area contributed by atoms with Gasteiger partial charge in [0.05, 0.1) is 6.10 Å². The zero-order valence-corrected chi connectivity index (χ0v) is 10.0. The Labute approximate surface area is 97.3 Å². The van der Waals surface area contributed by atoms with Gasteiger partial charge in [0.1, 0.15) is 5.78 Å². The van der Waals surface area contributed by atoms with Crippen LogP contribution in [-0.4, -0.2) is 17.0 Å². The number of hydrogen-bond acceptors (Lipinski definition) is 2. The Bertz CT molecular complexity index is 319. The van der Waals surface area contributed by atoms with E-state index in [0.29, 0.717) is 19.3 Å². The molecule has 0 radical (unpaired) electrons. The fourth-order valence-corrected chi connectivity index (χ4v) is 1.88. The second-order valence-corrected chi connectivity index (χ2v) is 4.09.